The third-order valence-electron chi connectivity index (χ3n) is 3.85. The molecule has 0 unspecified atom stereocenters. The summed E-state index contributed by atoms with van der Waals surface area (Å²) in [6, 6.07) is 13.6. The minimum Gasteiger partial charge on any atom is -0.495 e. The molecule has 0 aliphatic carbocycles. The zero-order valence-electron chi connectivity index (χ0n) is 14.9. The van der Waals surface area contributed by atoms with Crippen molar-refractivity contribution < 1.29 is 9.53 Å². The Balaban J connectivity index is 1.69. The van der Waals surface area contributed by atoms with Crippen LogP contribution in [-0.4, -0.2) is 33.5 Å². The molecule has 0 atom stereocenters. The number of nitrogens with zero attached hydrogens (tertiary/aromatic N) is 3. The fourth-order valence-electron chi connectivity index (χ4n) is 2.56. The van der Waals surface area contributed by atoms with Crippen molar-refractivity contribution in [1.82, 2.24) is 14.8 Å². The molecule has 0 spiro atoms. The number of aryl methyl sites for hydroxylation is 2. The molecule has 7 heteroatoms. The second-order valence-corrected chi connectivity index (χ2v) is 6.75. The number of para-hydroxylation sites is 1. The Morgan fingerprint density at radius 2 is 2.04 bits per heavy atom. The molecule has 0 bridgehead atoms. The van der Waals surface area contributed by atoms with Crippen molar-refractivity contribution >= 4 is 23.4 Å². The number of aromatic nitrogens is 3. The van der Waals surface area contributed by atoms with E-state index in [1.54, 1.807) is 13.4 Å². The van der Waals surface area contributed by atoms with Crippen LogP contribution in [0.25, 0.3) is 5.69 Å². The molecule has 0 saturated carbocycles. The van der Waals surface area contributed by atoms with Crippen LogP contribution in [0.5, 0.6) is 5.75 Å². The van der Waals surface area contributed by atoms with Gasteiger partial charge in [0.1, 0.15) is 12.1 Å². The first-order valence-corrected chi connectivity index (χ1v) is 9.10. The van der Waals surface area contributed by atoms with E-state index in [0.29, 0.717) is 16.6 Å². The number of hydrogen-bond acceptors (Lipinski definition) is 5. The van der Waals surface area contributed by atoms with Crippen molar-refractivity contribution in [2.24, 2.45) is 0 Å². The lowest BCUT2D eigenvalue weighted by molar-refractivity contribution is -0.113. The van der Waals surface area contributed by atoms with Gasteiger partial charge in [0.15, 0.2) is 5.16 Å². The summed E-state index contributed by atoms with van der Waals surface area (Å²) in [5.74, 6) is 0.733. The van der Waals surface area contributed by atoms with E-state index in [-0.39, 0.29) is 11.7 Å². The van der Waals surface area contributed by atoms with E-state index in [1.807, 2.05) is 60.9 Å². The maximum absolute atomic E-state index is 12.4. The summed E-state index contributed by atoms with van der Waals surface area (Å²) < 4.78 is 7.18. The van der Waals surface area contributed by atoms with E-state index in [9.17, 15) is 4.79 Å². The Morgan fingerprint density at radius 1 is 1.23 bits per heavy atom. The number of methoxy groups -OCH3 is 1. The Bertz CT molecular complexity index is 923. The molecule has 0 fully saturated rings. The molecule has 6 nitrogen and oxygen atoms in total. The van der Waals surface area contributed by atoms with Gasteiger partial charge in [0, 0.05) is 0 Å². The summed E-state index contributed by atoms with van der Waals surface area (Å²) in [6.45, 7) is 4.00. The molecular weight excluding hydrogens is 348 g/mol. The molecule has 1 heterocycles. The van der Waals surface area contributed by atoms with E-state index >= 15 is 0 Å². The van der Waals surface area contributed by atoms with Crippen molar-refractivity contribution in [2.45, 2.75) is 19.0 Å². The van der Waals surface area contributed by atoms with Crippen LogP contribution < -0.4 is 10.1 Å². The highest BCUT2D eigenvalue weighted by Crippen LogP contribution is 2.26. The predicted molar refractivity (Wildman–Crippen MR) is 103 cm³/mol. The lowest BCUT2D eigenvalue weighted by Gasteiger charge is -2.11. The molecule has 1 N–H and O–H groups in total. The smallest absolute Gasteiger partial charge is 0.234 e. The highest BCUT2D eigenvalue weighted by atomic mass is 32.2. The van der Waals surface area contributed by atoms with Crippen molar-refractivity contribution in [2.75, 3.05) is 18.2 Å². The van der Waals surface area contributed by atoms with Crippen LogP contribution in [0.4, 0.5) is 5.69 Å². The minimum absolute atomic E-state index is 0.127. The van der Waals surface area contributed by atoms with Crippen molar-refractivity contribution in [1.29, 1.82) is 0 Å². The molecule has 3 aromatic rings. The predicted octanol–water partition coefficient (Wildman–Crippen LogP) is 3.62. The molecule has 0 radical (unpaired) electrons. The Morgan fingerprint density at radius 3 is 2.81 bits per heavy atom. The van der Waals surface area contributed by atoms with E-state index in [1.165, 1.54) is 11.8 Å². The molecule has 3 rings (SSSR count). The number of carbonyl (C=O) groups excluding carboxylic acids is 1. The van der Waals surface area contributed by atoms with Gasteiger partial charge in [-0.25, -0.2) is 0 Å². The molecule has 1 amide bonds. The van der Waals surface area contributed by atoms with Gasteiger partial charge in [-0.2, -0.15) is 0 Å². The first-order valence-electron chi connectivity index (χ1n) is 8.12. The fraction of sp³-hybridized carbons (Fsp3) is 0.211. The SMILES string of the molecule is COc1ccc(C)cc1NC(=O)CSc1nncn1-c1ccccc1C. The number of benzene rings is 2. The van der Waals surface area contributed by atoms with Crippen LogP contribution >= 0.6 is 11.8 Å². The second-order valence-electron chi connectivity index (χ2n) is 5.81. The average molecular weight is 368 g/mol. The molecule has 26 heavy (non-hydrogen) atoms. The van der Waals surface area contributed by atoms with Crippen LogP contribution in [0.3, 0.4) is 0 Å². The molecule has 1 aromatic heterocycles. The van der Waals surface area contributed by atoms with Gasteiger partial charge in [0.2, 0.25) is 5.91 Å². The highest BCUT2D eigenvalue weighted by molar-refractivity contribution is 7.99. The minimum atomic E-state index is -0.127. The van der Waals surface area contributed by atoms with Crippen LogP contribution in [0.1, 0.15) is 11.1 Å². The van der Waals surface area contributed by atoms with Gasteiger partial charge >= 0.3 is 0 Å². The number of amides is 1. The van der Waals surface area contributed by atoms with Gasteiger partial charge in [0.05, 0.1) is 24.2 Å². The number of anilines is 1. The third kappa shape index (κ3) is 4.05. The molecule has 2 aromatic carbocycles. The number of rotatable bonds is 6. The zero-order valence-corrected chi connectivity index (χ0v) is 15.7. The number of hydrogen-bond donors (Lipinski definition) is 1. The average Bonchev–Trinajstić information content (AvgIpc) is 3.09. The molecule has 0 saturated heterocycles. The van der Waals surface area contributed by atoms with Crippen LogP contribution in [0.2, 0.25) is 0 Å². The standard InChI is InChI=1S/C19H20N4O2S/c1-13-8-9-17(25-3)15(10-13)21-18(24)11-26-19-22-20-12-23(19)16-7-5-4-6-14(16)2/h4-10,12H,11H2,1-3H3,(H,21,24). The van der Waals surface area contributed by atoms with Crippen LogP contribution in [0.15, 0.2) is 53.9 Å². The molecular formula is C19H20N4O2S. The quantitative estimate of drug-likeness (QED) is 0.673. The van der Waals surface area contributed by atoms with Crippen LogP contribution in [-0.2, 0) is 4.79 Å². The highest BCUT2D eigenvalue weighted by Gasteiger charge is 2.13. The first kappa shape index (κ1) is 18.0. The van der Waals surface area contributed by atoms with Crippen molar-refractivity contribution in [3.63, 3.8) is 0 Å². The van der Waals surface area contributed by atoms with Gasteiger partial charge in [0.25, 0.3) is 0 Å². The summed E-state index contributed by atoms with van der Waals surface area (Å²) in [6.07, 6.45) is 1.66. The van der Waals surface area contributed by atoms with Crippen molar-refractivity contribution in [3.8, 4) is 11.4 Å². The van der Waals surface area contributed by atoms with E-state index in [2.05, 4.69) is 15.5 Å². The summed E-state index contributed by atoms with van der Waals surface area (Å²) >= 11 is 1.34. The maximum Gasteiger partial charge on any atom is 0.234 e. The third-order valence-corrected chi connectivity index (χ3v) is 4.80. The lowest BCUT2D eigenvalue weighted by Crippen LogP contribution is -2.15. The van der Waals surface area contributed by atoms with E-state index in [0.717, 1.165) is 16.8 Å². The molecule has 0 aliphatic heterocycles. The Kier molecular flexibility index (Phi) is 5.58. The second kappa shape index (κ2) is 8.05. The van der Waals surface area contributed by atoms with Gasteiger partial charge in [-0.05, 0) is 43.2 Å². The molecule has 0 aliphatic rings. The Hall–Kier alpha value is -2.80. The summed E-state index contributed by atoms with van der Waals surface area (Å²) in [7, 11) is 1.58. The topological polar surface area (TPSA) is 69.0 Å². The summed E-state index contributed by atoms with van der Waals surface area (Å²) in [5.41, 5.74) is 3.83. The number of ether oxygens (including phenoxy) is 1. The monoisotopic (exact) mass is 368 g/mol. The number of nitrogens with one attached hydrogen (secondary N) is 1. The lowest BCUT2D eigenvalue weighted by atomic mass is 10.2. The van der Waals surface area contributed by atoms with Crippen molar-refractivity contribution in [3.05, 3.63) is 59.9 Å². The maximum atomic E-state index is 12.4. The zero-order chi connectivity index (χ0) is 18.5. The normalized spacial score (nSPS) is 10.6. The van der Waals surface area contributed by atoms with Gasteiger partial charge in [-0.15, -0.1) is 10.2 Å². The number of carbonyl (C=O) groups is 1. The number of thioether (sulfide) groups is 1. The fourth-order valence-corrected chi connectivity index (χ4v) is 3.28. The largest absolute Gasteiger partial charge is 0.495 e. The molecule has 134 valence electrons. The van der Waals surface area contributed by atoms with E-state index < -0.39 is 0 Å². The Labute approximate surface area is 156 Å². The van der Waals surface area contributed by atoms with Gasteiger partial charge in [-0.3, -0.25) is 9.36 Å². The van der Waals surface area contributed by atoms with Gasteiger partial charge in [-0.1, -0.05) is 36.0 Å². The summed E-state index contributed by atoms with van der Waals surface area (Å²) in [4.78, 5) is 12.4. The van der Waals surface area contributed by atoms with Crippen LogP contribution in [0, 0.1) is 13.8 Å². The van der Waals surface area contributed by atoms with E-state index in [4.69, 9.17) is 4.74 Å². The summed E-state index contributed by atoms with van der Waals surface area (Å²) in [5, 5.41) is 11.7. The van der Waals surface area contributed by atoms with Gasteiger partial charge < -0.3 is 10.1 Å². The first-order chi connectivity index (χ1) is 12.6.